The Kier molecular flexibility index (Phi) is 3.61. The van der Waals surface area contributed by atoms with E-state index >= 15 is 0 Å². The molecule has 26 heavy (non-hydrogen) atoms. The van der Waals surface area contributed by atoms with E-state index < -0.39 is 40.8 Å². The van der Waals surface area contributed by atoms with Gasteiger partial charge in [0, 0.05) is 23.2 Å². The van der Waals surface area contributed by atoms with Crippen molar-refractivity contribution in [2.75, 3.05) is 0 Å². The van der Waals surface area contributed by atoms with Crippen LogP contribution in [0.25, 0.3) is 0 Å². The first kappa shape index (κ1) is 17.9. The molecule has 2 N–H and O–H groups in total. The van der Waals surface area contributed by atoms with Crippen molar-refractivity contribution < 1.29 is 29.3 Å². The number of hydrogen-bond acceptors (Lipinski definition) is 6. The van der Waals surface area contributed by atoms with Crippen molar-refractivity contribution >= 4 is 17.5 Å². The molecule has 2 saturated carbocycles. The molecule has 0 spiro atoms. The van der Waals surface area contributed by atoms with Crippen molar-refractivity contribution in [3.63, 3.8) is 0 Å². The number of aliphatic hydroxyl groups excluding tert-OH is 2. The molecule has 1 aliphatic heterocycles. The molecule has 0 amide bonds. The highest BCUT2D eigenvalue weighted by Crippen LogP contribution is 2.67. The molecular weight excluding hydrogens is 336 g/mol. The van der Waals surface area contributed by atoms with Gasteiger partial charge < -0.3 is 14.9 Å². The average Bonchev–Trinajstić information content (AvgIpc) is 2.56. The zero-order valence-corrected chi connectivity index (χ0v) is 15.6. The number of allylic oxidation sites excluding steroid dienone is 1. The highest BCUT2D eigenvalue weighted by Gasteiger charge is 2.72. The maximum Gasteiger partial charge on any atom is 0.306 e. The predicted molar refractivity (Wildman–Crippen MR) is 90.7 cm³/mol. The van der Waals surface area contributed by atoms with Crippen molar-refractivity contribution in [3.8, 4) is 0 Å². The average molecular weight is 362 g/mol. The maximum absolute atomic E-state index is 13.3. The third kappa shape index (κ3) is 1.87. The molecule has 9 atom stereocenters. The standard InChI is InChI=1S/C20H26O6/c1-8-5-12(21)18(25)20(4)10(8)6-13-19(3)11(7-14(22)26-13)9(2)15(23)16(24)17(19)20/h5,9-11,13,15,17-18,23,25H,6-7H2,1-4H3/t9-,10+,11+,13-,15+,17+,18-,19-,20+/m1/s1. The molecule has 6 nitrogen and oxygen atoms in total. The molecule has 0 radical (unpaired) electrons. The molecule has 0 aromatic carbocycles. The van der Waals surface area contributed by atoms with E-state index in [1.165, 1.54) is 6.08 Å². The van der Waals surface area contributed by atoms with E-state index in [0.717, 1.165) is 5.57 Å². The summed E-state index contributed by atoms with van der Waals surface area (Å²) in [5.74, 6) is -2.63. The Labute approximate surface area is 152 Å². The third-order valence-corrected chi connectivity index (χ3v) is 8.08. The van der Waals surface area contributed by atoms with Crippen LogP contribution in [0, 0.1) is 34.5 Å². The lowest BCUT2D eigenvalue weighted by atomic mass is 9.38. The van der Waals surface area contributed by atoms with Gasteiger partial charge in [-0.25, -0.2) is 0 Å². The fourth-order valence-corrected chi connectivity index (χ4v) is 6.76. The molecule has 142 valence electrons. The first-order valence-electron chi connectivity index (χ1n) is 9.36. The minimum absolute atomic E-state index is 0.147. The van der Waals surface area contributed by atoms with Gasteiger partial charge in [0.05, 0.1) is 0 Å². The van der Waals surface area contributed by atoms with Gasteiger partial charge in [0.2, 0.25) is 0 Å². The normalized spacial score (nSPS) is 53.4. The summed E-state index contributed by atoms with van der Waals surface area (Å²) < 4.78 is 5.70. The number of ketones is 2. The van der Waals surface area contributed by atoms with Crippen molar-refractivity contribution in [1.82, 2.24) is 0 Å². The number of esters is 1. The number of Topliss-reactive ketones (excluding diaryl/α,β-unsaturated/α-hetero) is 1. The van der Waals surface area contributed by atoms with Gasteiger partial charge in [-0.3, -0.25) is 14.4 Å². The molecule has 3 fully saturated rings. The largest absolute Gasteiger partial charge is 0.462 e. The summed E-state index contributed by atoms with van der Waals surface area (Å²) in [6, 6.07) is 0. The molecule has 3 aliphatic carbocycles. The fraction of sp³-hybridized carbons (Fsp3) is 0.750. The molecule has 6 heteroatoms. The maximum atomic E-state index is 13.3. The lowest BCUT2D eigenvalue weighted by Crippen LogP contribution is -2.73. The van der Waals surface area contributed by atoms with Crippen LogP contribution in [0.15, 0.2) is 11.6 Å². The molecule has 0 bridgehead atoms. The van der Waals surface area contributed by atoms with E-state index in [0.29, 0.717) is 6.42 Å². The predicted octanol–water partition coefficient (Wildman–Crippen LogP) is 1.04. The SMILES string of the molecule is CC1=CC(=O)[C@@H](O)[C@]2(C)[C@H]3C(=O)[C@@H](O)[C@H](C)[C@@H]4CC(=O)O[C@H](C[C@@H]12)[C@]34C. The van der Waals surface area contributed by atoms with Crippen LogP contribution >= 0.6 is 0 Å². The van der Waals surface area contributed by atoms with Crippen LogP contribution in [0.5, 0.6) is 0 Å². The summed E-state index contributed by atoms with van der Waals surface area (Å²) in [7, 11) is 0. The summed E-state index contributed by atoms with van der Waals surface area (Å²) in [5, 5.41) is 21.5. The van der Waals surface area contributed by atoms with E-state index in [4.69, 9.17) is 4.74 Å². The molecule has 4 aliphatic rings. The van der Waals surface area contributed by atoms with Gasteiger partial charge in [-0.1, -0.05) is 26.3 Å². The molecule has 0 unspecified atom stereocenters. The first-order valence-corrected chi connectivity index (χ1v) is 9.36. The Hall–Kier alpha value is -1.53. The monoisotopic (exact) mass is 362 g/mol. The minimum atomic E-state index is -1.30. The molecular formula is C20H26O6. The second kappa shape index (κ2) is 5.26. The van der Waals surface area contributed by atoms with Crippen LogP contribution in [0.1, 0.15) is 40.5 Å². The van der Waals surface area contributed by atoms with Gasteiger partial charge in [-0.15, -0.1) is 0 Å². The van der Waals surface area contributed by atoms with Crippen LogP contribution in [-0.2, 0) is 19.1 Å². The van der Waals surface area contributed by atoms with Gasteiger partial charge in [0.15, 0.2) is 11.6 Å². The number of hydrogen-bond donors (Lipinski definition) is 2. The van der Waals surface area contributed by atoms with E-state index in [1.807, 2.05) is 13.8 Å². The second-order valence-corrected chi connectivity index (χ2v) is 9.14. The number of fused-ring (bicyclic) bond motifs is 2. The lowest BCUT2D eigenvalue weighted by molar-refractivity contribution is -0.247. The van der Waals surface area contributed by atoms with E-state index in [-0.39, 0.29) is 35.9 Å². The molecule has 0 aromatic heterocycles. The quantitative estimate of drug-likeness (QED) is 0.625. The smallest absolute Gasteiger partial charge is 0.306 e. The van der Waals surface area contributed by atoms with Gasteiger partial charge in [0.25, 0.3) is 0 Å². The van der Waals surface area contributed by atoms with Crippen molar-refractivity contribution in [2.45, 2.75) is 58.8 Å². The third-order valence-electron chi connectivity index (χ3n) is 8.08. The molecule has 1 saturated heterocycles. The summed E-state index contributed by atoms with van der Waals surface area (Å²) >= 11 is 0. The number of rotatable bonds is 0. The van der Waals surface area contributed by atoms with Crippen molar-refractivity contribution in [2.24, 2.45) is 34.5 Å². The fourth-order valence-electron chi connectivity index (χ4n) is 6.76. The van der Waals surface area contributed by atoms with Crippen molar-refractivity contribution in [1.29, 1.82) is 0 Å². The topological polar surface area (TPSA) is 101 Å². The van der Waals surface area contributed by atoms with E-state index in [2.05, 4.69) is 0 Å². The molecule has 4 rings (SSSR count). The lowest BCUT2D eigenvalue weighted by Gasteiger charge is -2.66. The first-order chi connectivity index (χ1) is 12.0. The Bertz CT molecular complexity index is 741. The van der Waals surface area contributed by atoms with Gasteiger partial charge in [-0.2, -0.15) is 0 Å². The van der Waals surface area contributed by atoms with Gasteiger partial charge in [-0.05, 0) is 37.2 Å². The number of aliphatic hydroxyl groups is 2. The van der Waals surface area contributed by atoms with Crippen LogP contribution in [-0.4, -0.2) is 46.1 Å². The summed E-state index contributed by atoms with van der Waals surface area (Å²) in [5.41, 5.74) is -0.918. The minimum Gasteiger partial charge on any atom is -0.462 e. The Morgan fingerprint density at radius 2 is 1.81 bits per heavy atom. The highest BCUT2D eigenvalue weighted by atomic mass is 16.5. The second-order valence-electron chi connectivity index (χ2n) is 9.14. The Balaban J connectivity index is 1.95. The Morgan fingerprint density at radius 3 is 2.46 bits per heavy atom. The van der Waals surface area contributed by atoms with Gasteiger partial charge >= 0.3 is 5.97 Å². The summed E-state index contributed by atoms with van der Waals surface area (Å²) in [6.07, 6.45) is -0.896. The number of ether oxygens (including phenoxy) is 1. The zero-order valence-electron chi connectivity index (χ0n) is 15.6. The zero-order chi connectivity index (χ0) is 19.2. The number of carbonyl (C=O) groups excluding carboxylic acids is 3. The van der Waals surface area contributed by atoms with Crippen LogP contribution in [0.3, 0.4) is 0 Å². The van der Waals surface area contributed by atoms with E-state index in [9.17, 15) is 24.6 Å². The molecule has 0 aromatic rings. The summed E-state index contributed by atoms with van der Waals surface area (Å²) in [6.45, 7) is 7.35. The van der Waals surface area contributed by atoms with Gasteiger partial charge in [0.1, 0.15) is 18.3 Å². The van der Waals surface area contributed by atoms with E-state index in [1.54, 1.807) is 13.8 Å². The van der Waals surface area contributed by atoms with Crippen LogP contribution < -0.4 is 0 Å². The Morgan fingerprint density at radius 1 is 1.15 bits per heavy atom. The van der Waals surface area contributed by atoms with Crippen molar-refractivity contribution in [3.05, 3.63) is 11.6 Å². The highest BCUT2D eigenvalue weighted by molar-refractivity contribution is 5.98. The molecule has 1 heterocycles. The van der Waals surface area contributed by atoms with Crippen LogP contribution in [0.2, 0.25) is 0 Å². The van der Waals surface area contributed by atoms with Crippen LogP contribution in [0.4, 0.5) is 0 Å². The number of carbonyl (C=O) groups is 3. The summed E-state index contributed by atoms with van der Waals surface area (Å²) in [4.78, 5) is 37.9.